The second-order valence-corrected chi connectivity index (χ2v) is 5.14. The Morgan fingerprint density at radius 2 is 1.86 bits per heavy atom. The van der Waals surface area contributed by atoms with Gasteiger partial charge in [0.15, 0.2) is 11.6 Å². The standard InChI is InChI=1S/C13H17F2N3O3/c1-4-16-12(19)13(2,3)7-17-11-9(14)5-8(18(20)21)6-10(11)15/h5-6,17H,4,7H2,1-3H3,(H,16,19). The minimum absolute atomic E-state index is 0.0233. The van der Waals surface area contributed by atoms with Gasteiger partial charge in [-0.25, -0.2) is 8.78 Å². The van der Waals surface area contributed by atoms with Crippen LogP contribution in [-0.2, 0) is 4.79 Å². The van der Waals surface area contributed by atoms with Crippen molar-refractivity contribution >= 4 is 17.3 Å². The molecule has 1 aromatic rings. The minimum Gasteiger partial charge on any atom is -0.379 e. The molecule has 1 aromatic carbocycles. The summed E-state index contributed by atoms with van der Waals surface area (Å²) in [6.45, 7) is 5.42. The van der Waals surface area contributed by atoms with E-state index >= 15 is 0 Å². The topological polar surface area (TPSA) is 84.3 Å². The fourth-order valence-corrected chi connectivity index (χ4v) is 1.62. The third-order valence-corrected chi connectivity index (χ3v) is 2.90. The molecule has 0 spiro atoms. The van der Waals surface area contributed by atoms with Crippen LogP contribution in [0.4, 0.5) is 20.2 Å². The van der Waals surface area contributed by atoms with E-state index in [-0.39, 0.29) is 12.5 Å². The summed E-state index contributed by atoms with van der Waals surface area (Å²) in [7, 11) is 0. The zero-order valence-corrected chi connectivity index (χ0v) is 12.0. The van der Waals surface area contributed by atoms with Crippen LogP contribution in [0.15, 0.2) is 12.1 Å². The summed E-state index contributed by atoms with van der Waals surface area (Å²) in [5.41, 5.74) is -2.05. The quantitative estimate of drug-likeness (QED) is 0.624. The van der Waals surface area contributed by atoms with Gasteiger partial charge in [-0.2, -0.15) is 0 Å². The number of nitro benzene ring substituents is 1. The van der Waals surface area contributed by atoms with Crippen molar-refractivity contribution in [3.63, 3.8) is 0 Å². The molecule has 0 radical (unpaired) electrons. The van der Waals surface area contributed by atoms with E-state index in [2.05, 4.69) is 10.6 Å². The van der Waals surface area contributed by atoms with Crippen LogP contribution in [0.2, 0.25) is 0 Å². The van der Waals surface area contributed by atoms with Crippen molar-refractivity contribution < 1.29 is 18.5 Å². The Balaban J connectivity index is 2.89. The summed E-state index contributed by atoms with van der Waals surface area (Å²) in [4.78, 5) is 21.4. The Hall–Kier alpha value is -2.25. The van der Waals surface area contributed by atoms with Gasteiger partial charge >= 0.3 is 0 Å². The van der Waals surface area contributed by atoms with Gasteiger partial charge in [0.2, 0.25) is 5.91 Å². The van der Waals surface area contributed by atoms with E-state index in [0.717, 1.165) is 0 Å². The van der Waals surface area contributed by atoms with E-state index in [9.17, 15) is 23.7 Å². The first-order chi connectivity index (χ1) is 9.69. The molecular weight excluding hydrogens is 284 g/mol. The van der Waals surface area contributed by atoms with Gasteiger partial charge < -0.3 is 10.6 Å². The molecule has 0 aliphatic carbocycles. The molecule has 1 rings (SSSR count). The molecule has 0 unspecified atom stereocenters. The molecule has 2 N–H and O–H groups in total. The summed E-state index contributed by atoms with van der Waals surface area (Å²) < 4.78 is 27.4. The maximum atomic E-state index is 13.7. The monoisotopic (exact) mass is 301 g/mol. The molecule has 21 heavy (non-hydrogen) atoms. The van der Waals surface area contributed by atoms with Crippen molar-refractivity contribution in [2.45, 2.75) is 20.8 Å². The molecule has 0 saturated heterocycles. The molecule has 116 valence electrons. The Morgan fingerprint density at radius 3 is 2.29 bits per heavy atom. The lowest BCUT2D eigenvalue weighted by Crippen LogP contribution is -2.41. The molecular formula is C13H17F2N3O3. The second kappa shape index (κ2) is 6.47. The van der Waals surface area contributed by atoms with Gasteiger partial charge in [-0.3, -0.25) is 14.9 Å². The molecule has 0 fully saturated rings. The summed E-state index contributed by atoms with van der Waals surface area (Å²) in [6.07, 6.45) is 0. The first kappa shape index (κ1) is 16.8. The average molecular weight is 301 g/mol. The molecule has 0 heterocycles. The predicted octanol–water partition coefficient (Wildman–Crippen LogP) is 2.45. The number of hydrogen-bond acceptors (Lipinski definition) is 4. The predicted molar refractivity (Wildman–Crippen MR) is 74.0 cm³/mol. The first-order valence-corrected chi connectivity index (χ1v) is 6.34. The molecule has 8 heteroatoms. The zero-order valence-electron chi connectivity index (χ0n) is 12.0. The van der Waals surface area contributed by atoms with Crippen LogP contribution in [0.25, 0.3) is 0 Å². The molecule has 0 bridgehead atoms. The number of hydrogen-bond donors (Lipinski definition) is 2. The summed E-state index contributed by atoms with van der Waals surface area (Å²) >= 11 is 0. The Bertz CT molecular complexity index is 539. The molecule has 0 aliphatic heterocycles. The molecule has 0 atom stereocenters. The van der Waals surface area contributed by atoms with Crippen molar-refractivity contribution in [2.75, 3.05) is 18.4 Å². The lowest BCUT2D eigenvalue weighted by atomic mass is 9.92. The van der Waals surface area contributed by atoms with Crippen LogP contribution >= 0.6 is 0 Å². The number of halogens is 2. The van der Waals surface area contributed by atoms with Gasteiger partial charge in [0.05, 0.1) is 22.5 Å². The zero-order chi connectivity index (χ0) is 16.2. The lowest BCUT2D eigenvalue weighted by molar-refractivity contribution is -0.385. The highest BCUT2D eigenvalue weighted by molar-refractivity contribution is 5.82. The smallest absolute Gasteiger partial charge is 0.275 e. The van der Waals surface area contributed by atoms with Crippen molar-refractivity contribution in [3.05, 3.63) is 33.9 Å². The van der Waals surface area contributed by atoms with Crippen molar-refractivity contribution in [1.29, 1.82) is 0 Å². The van der Waals surface area contributed by atoms with Crippen LogP contribution in [0.1, 0.15) is 20.8 Å². The van der Waals surface area contributed by atoms with Gasteiger partial charge in [0.1, 0.15) is 5.69 Å². The lowest BCUT2D eigenvalue weighted by Gasteiger charge is -2.24. The number of benzene rings is 1. The van der Waals surface area contributed by atoms with E-state index in [0.29, 0.717) is 18.7 Å². The average Bonchev–Trinajstić information content (AvgIpc) is 2.37. The van der Waals surface area contributed by atoms with Crippen molar-refractivity contribution in [3.8, 4) is 0 Å². The number of nitro groups is 1. The third kappa shape index (κ3) is 4.11. The first-order valence-electron chi connectivity index (χ1n) is 6.34. The highest BCUT2D eigenvalue weighted by Crippen LogP contribution is 2.26. The van der Waals surface area contributed by atoms with Crippen LogP contribution in [-0.4, -0.2) is 23.9 Å². The summed E-state index contributed by atoms with van der Waals surface area (Å²) in [5.74, 6) is -2.41. The van der Waals surface area contributed by atoms with E-state index in [1.54, 1.807) is 20.8 Å². The number of anilines is 1. The number of amides is 1. The van der Waals surface area contributed by atoms with Crippen LogP contribution in [0.3, 0.4) is 0 Å². The third-order valence-electron chi connectivity index (χ3n) is 2.90. The second-order valence-electron chi connectivity index (χ2n) is 5.14. The number of carbonyl (C=O) groups is 1. The fraction of sp³-hybridized carbons (Fsp3) is 0.462. The highest BCUT2D eigenvalue weighted by Gasteiger charge is 2.28. The van der Waals surface area contributed by atoms with E-state index in [4.69, 9.17) is 0 Å². The molecule has 6 nitrogen and oxygen atoms in total. The Kier molecular flexibility index (Phi) is 5.17. The van der Waals surface area contributed by atoms with Crippen molar-refractivity contribution in [1.82, 2.24) is 5.32 Å². The van der Waals surface area contributed by atoms with Gasteiger partial charge in [0.25, 0.3) is 5.69 Å². The molecule has 1 amide bonds. The molecule has 0 aliphatic rings. The highest BCUT2D eigenvalue weighted by atomic mass is 19.1. The largest absolute Gasteiger partial charge is 0.379 e. The Morgan fingerprint density at radius 1 is 1.33 bits per heavy atom. The summed E-state index contributed by atoms with van der Waals surface area (Å²) in [5, 5.41) is 15.6. The van der Waals surface area contributed by atoms with E-state index in [1.165, 1.54) is 0 Å². The number of non-ortho nitro benzene ring substituents is 1. The van der Waals surface area contributed by atoms with Crippen LogP contribution in [0, 0.1) is 27.2 Å². The number of nitrogens with zero attached hydrogens (tertiary/aromatic N) is 1. The fourth-order valence-electron chi connectivity index (χ4n) is 1.62. The Labute approximate surface area is 120 Å². The molecule has 0 aromatic heterocycles. The maximum Gasteiger partial charge on any atom is 0.275 e. The van der Waals surface area contributed by atoms with Gasteiger partial charge in [0, 0.05) is 13.1 Å². The SMILES string of the molecule is CCNC(=O)C(C)(C)CNc1c(F)cc([N+](=O)[O-])cc1F. The van der Waals surface area contributed by atoms with Crippen molar-refractivity contribution in [2.24, 2.45) is 5.41 Å². The maximum absolute atomic E-state index is 13.7. The summed E-state index contributed by atoms with van der Waals surface area (Å²) in [6, 6.07) is 1.26. The number of rotatable bonds is 6. The van der Waals surface area contributed by atoms with Gasteiger partial charge in [-0.1, -0.05) is 0 Å². The van der Waals surface area contributed by atoms with Crippen LogP contribution in [0.5, 0.6) is 0 Å². The number of nitrogens with one attached hydrogen (secondary N) is 2. The van der Waals surface area contributed by atoms with Crippen LogP contribution < -0.4 is 10.6 Å². The van der Waals surface area contributed by atoms with Gasteiger partial charge in [-0.15, -0.1) is 0 Å². The minimum atomic E-state index is -1.08. The van der Waals surface area contributed by atoms with E-state index < -0.39 is 33.3 Å². The number of carbonyl (C=O) groups excluding carboxylic acids is 1. The molecule has 0 saturated carbocycles. The van der Waals surface area contributed by atoms with E-state index in [1.807, 2.05) is 0 Å². The van der Waals surface area contributed by atoms with Gasteiger partial charge in [-0.05, 0) is 20.8 Å². The normalized spacial score (nSPS) is 11.1.